The van der Waals surface area contributed by atoms with Crippen LogP contribution in [0.15, 0.2) is 30.5 Å². The molecule has 0 saturated carbocycles. The van der Waals surface area contributed by atoms with E-state index in [-0.39, 0.29) is 0 Å². The minimum absolute atomic E-state index is 0.540. The maximum atomic E-state index is 5.74. The zero-order chi connectivity index (χ0) is 12.3. The van der Waals surface area contributed by atoms with Gasteiger partial charge in [-0.15, -0.1) is 0 Å². The molecule has 0 unspecified atom stereocenters. The first-order chi connectivity index (χ1) is 8.20. The summed E-state index contributed by atoms with van der Waals surface area (Å²) in [6, 6.07) is 7.70. The van der Waals surface area contributed by atoms with Gasteiger partial charge in [-0.3, -0.25) is 0 Å². The maximum absolute atomic E-state index is 5.74. The summed E-state index contributed by atoms with van der Waals surface area (Å²) in [5, 5.41) is 2.88. The second kappa shape index (κ2) is 4.82. The Kier molecular flexibility index (Phi) is 3.23. The third-order valence-electron chi connectivity index (χ3n) is 2.62. The van der Waals surface area contributed by atoms with E-state index >= 15 is 0 Å². The molecule has 4 heteroatoms. The number of nitrogens with zero attached hydrogens (tertiary/aromatic N) is 2. The third kappa shape index (κ3) is 2.53. The van der Waals surface area contributed by atoms with Crippen LogP contribution < -0.4 is 10.1 Å². The van der Waals surface area contributed by atoms with Gasteiger partial charge in [0.25, 0.3) is 0 Å². The van der Waals surface area contributed by atoms with Crippen molar-refractivity contribution in [3.8, 4) is 11.6 Å². The van der Waals surface area contributed by atoms with Crippen LogP contribution in [0.25, 0.3) is 0 Å². The van der Waals surface area contributed by atoms with Crippen molar-refractivity contribution in [1.82, 2.24) is 9.97 Å². The predicted octanol–water partition coefficient (Wildman–Crippen LogP) is 2.93. The summed E-state index contributed by atoms with van der Waals surface area (Å²) in [4.78, 5) is 8.25. The molecule has 2 rings (SSSR count). The molecule has 0 radical (unpaired) electrons. The van der Waals surface area contributed by atoms with Crippen LogP contribution in [0, 0.1) is 13.8 Å². The van der Waals surface area contributed by atoms with Crippen molar-refractivity contribution in [3.63, 3.8) is 0 Å². The van der Waals surface area contributed by atoms with E-state index in [2.05, 4.69) is 28.3 Å². The Hall–Kier alpha value is -2.10. The highest BCUT2D eigenvalue weighted by atomic mass is 16.5. The molecule has 2 aromatic rings. The number of nitrogens with one attached hydrogen (secondary N) is 1. The molecule has 0 saturated heterocycles. The van der Waals surface area contributed by atoms with Crippen LogP contribution in [0.2, 0.25) is 0 Å². The topological polar surface area (TPSA) is 47.0 Å². The average Bonchev–Trinajstić information content (AvgIpc) is 2.35. The van der Waals surface area contributed by atoms with Gasteiger partial charge < -0.3 is 10.1 Å². The molecule has 1 N–H and O–H groups in total. The molecular weight excluding hydrogens is 214 g/mol. The van der Waals surface area contributed by atoms with Gasteiger partial charge in [0.1, 0.15) is 5.75 Å². The quantitative estimate of drug-likeness (QED) is 0.879. The van der Waals surface area contributed by atoms with E-state index in [1.165, 1.54) is 5.56 Å². The van der Waals surface area contributed by atoms with Crippen molar-refractivity contribution in [2.45, 2.75) is 13.8 Å². The molecule has 1 aromatic carbocycles. The number of hydrogen-bond donors (Lipinski definition) is 1. The molecule has 0 bridgehead atoms. The number of aromatic nitrogens is 2. The largest absolute Gasteiger partial charge is 0.439 e. The first-order valence-corrected chi connectivity index (χ1v) is 5.45. The van der Waals surface area contributed by atoms with Crippen LogP contribution in [0.5, 0.6) is 11.6 Å². The molecule has 4 nitrogen and oxygen atoms in total. The molecule has 1 heterocycles. The lowest BCUT2D eigenvalue weighted by Gasteiger charge is -2.09. The Balaban J connectivity index is 2.28. The Morgan fingerprint density at radius 3 is 2.76 bits per heavy atom. The average molecular weight is 229 g/mol. The van der Waals surface area contributed by atoms with Gasteiger partial charge in [0, 0.05) is 19.3 Å². The lowest BCUT2D eigenvalue weighted by molar-refractivity contribution is 0.458. The number of rotatable bonds is 3. The molecule has 0 amide bonds. The molecule has 1 aromatic heterocycles. The monoisotopic (exact) mass is 229 g/mol. The highest BCUT2D eigenvalue weighted by Gasteiger charge is 2.04. The number of hydrogen-bond acceptors (Lipinski definition) is 4. The first kappa shape index (κ1) is 11.4. The summed E-state index contributed by atoms with van der Waals surface area (Å²) in [7, 11) is 1.77. The first-order valence-electron chi connectivity index (χ1n) is 5.45. The van der Waals surface area contributed by atoms with E-state index in [1.54, 1.807) is 19.3 Å². The zero-order valence-corrected chi connectivity index (χ0v) is 10.2. The van der Waals surface area contributed by atoms with Crippen LogP contribution in [0.1, 0.15) is 11.1 Å². The lowest BCUT2D eigenvalue weighted by atomic mass is 10.1. The van der Waals surface area contributed by atoms with Gasteiger partial charge in [0.05, 0.1) is 0 Å². The second-order valence-corrected chi connectivity index (χ2v) is 3.77. The number of benzene rings is 1. The Morgan fingerprint density at radius 2 is 2.00 bits per heavy atom. The molecule has 88 valence electrons. The fraction of sp³-hybridized carbons (Fsp3) is 0.231. The standard InChI is InChI=1S/C13H15N3O/c1-9-5-4-6-11(10(9)2)17-12-7-8-15-13(14-3)16-12/h4-8H,1-3H3,(H,14,15,16). The normalized spacial score (nSPS) is 10.1. The van der Waals surface area contributed by atoms with Crippen molar-refractivity contribution in [1.29, 1.82) is 0 Å². The van der Waals surface area contributed by atoms with Gasteiger partial charge in [-0.2, -0.15) is 4.98 Å². The highest BCUT2D eigenvalue weighted by molar-refractivity contribution is 5.40. The fourth-order valence-corrected chi connectivity index (χ4v) is 1.47. The van der Waals surface area contributed by atoms with Gasteiger partial charge in [-0.1, -0.05) is 12.1 Å². The smallest absolute Gasteiger partial charge is 0.225 e. The Morgan fingerprint density at radius 1 is 1.18 bits per heavy atom. The predicted molar refractivity (Wildman–Crippen MR) is 67.6 cm³/mol. The second-order valence-electron chi connectivity index (χ2n) is 3.77. The van der Waals surface area contributed by atoms with Crippen molar-refractivity contribution >= 4 is 5.95 Å². The summed E-state index contributed by atoms with van der Waals surface area (Å²) in [5.74, 6) is 1.91. The third-order valence-corrected chi connectivity index (χ3v) is 2.62. The van der Waals surface area contributed by atoms with E-state index in [4.69, 9.17) is 4.74 Å². The van der Waals surface area contributed by atoms with E-state index in [1.807, 2.05) is 19.1 Å². The van der Waals surface area contributed by atoms with E-state index < -0.39 is 0 Å². The summed E-state index contributed by atoms with van der Waals surface area (Å²) < 4.78 is 5.74. The van der Waals surface area contributed by atoms with Gasteiger partial charge in [-0.25, -0.2) is 4.98 Å². The highest BCUT2D eigenvalue weighted by Crippen LogP contribution is 2.25. The number of anilines is 1. The van der Waals surface area contributed by atoms with Crippen LogP contribution in [0.4, 0.5) is 5.95 Å². The number of ether oxygens (including phenoxy) is 1. The minimum Gasteiger partial charge on any atom is -0.439 e. The molecule has 0 spiro atoms. The number of aryl methyl sites for hydroxylation is 1. The van der Waals surface area contributed by atoms with E-state index in [0.29, 0.717) is 11.8 Å². The molecule has 0 aliphatic carbocycles. The molecule has 0 atom stereocenters. The summed E-state index contributed by atoms with van der Waals surface area (Å²) in [6.45, 7) is 4.09. The lowest BCUT2D eigenvalue weighted by Crippen LogP contribution is -1.98. The summed E-state index contributed by atoms with van der Waals surface area (Å²) in [5.41, 5.74) is 2.32. The van der Waals surface area contributed by atoms with Crippen LogP contribution >= 0.6 is 0 Å². The van der Waals surface area contributed by atoms with Crippen molar-refractivity contribution < 1.29 is 4.74 Å². The Labute approximate surface area is 101 Å². The summed E-state index contributed by atoms with van der Waals surface area (Å²) >= 11 is 0. The van der Waals surface area contributed by atoms with E-state index in [9.17, 15) is 0 Å². The van der Waals surface area contributed by atoms with Crippen molar-refractivity contribution in [2.24, 2.45) is 0 Å². The van der Waals surface area contributed by atoms with Gasteiger partial charge in [0.15, 0.2) is 0 Å². The van der Waals surface area contributed by atoms with Crippen LogP contribution in [-0.2, 0) is 0 Å². The fourth-order valence-electron chi connectivity index (χ4n) is 1.47. The maximum Gasteiger partial charge on any atom is 0.225 e. The van der Waals surface area contributed by atoms with Crippen LogP contribution in [-0.4, -0.2) is 17.0 Å². The zero-order valence-electron chi connectivity index (χ0n) is 10.2. The van der Waals surface area contributed by atoms with Crippen LogP contribution in [0.3, 0.4) is 0 Å². The van der Waals surface area contributed by atoms with Crippen molar-refractivity contribution in [3.05, 3.63) is 41.6 Å². The minimum atomic E-state index is 0.540. The van der Waals surface area contributed by atoms with Crippen molar-refractivity contribution in [2.75, 3.05) is 12.4 Å². The molecule has 0 aliphatic heterocycles. The Bertz CT molecular complexity index is 526. The van der Waals surface area contributed by atoms with Gasteiger partial charge in [0.2, 0.25) is 11.8 Å². The SMILES string of the molecule is CNc1nccc(Oc2cccc(C)c2C)n1. The molecule has 0 fully saturated rings. The van der Waals surface area contributed by atoms with E-state index in [0.717, 1.165) is 11.3 Å². The van der Waals surface area contributed by atoms with Gasteiger partial charge >= 0.3 is 0 Å². The molecular formula is C13H15N3O. The molecule has 17 heavy (non-hydrogen) atoms. The summed E-state index contributed by atoms with van der Waals surface area (Å²) in [6.07, 6.45) is 1.67. The molecule has 0 aliphatic rings. The van der Waals surface area contributed by atoms with Gasteiger partial charge in [-0.05, 0) is 31.0 Å².